The predicted octanol–water partition coefficient (Wildman–Crippen LogP) is 6.21. The van der Waals surface area contributed by atoms with Crippen molar-refractivity contribution >= 4 is 16.7 Å². The highest BCUT2D eigenvalue weighted by atomic mass is 16.5. The van der Waals surface area contributed by atoms with Gasteiger partial charge in [-0.1, -0.05) is 82.7 Å². The van der Waals surface area contributed by atoms with Crippen LogP contribution in [0.5, 0.6) is 5.75 Å². The molecule has 3 heteroatoms. The normalized spacial score (nSPS) is 10.9. The molecule has 0 radical (unpaired) electrons. The number of carbonyl (C=O) groups is 1. The van der Waals surface area contributed by atoms with Crippen LogP contribution >= 0.6 is 0 Å². The Morgan fingerprint density at radius 3 is 2.07 bits per heavy atom. The second-order valence-electron chi connectivity index (χ2n) is 7.30. The largest absolute Gasteiger partial charge is 0.484 e. The van der Waals surface area contributed by atoms with E-state index >= 15 is 0 Å². The van der Waals surface area contributed by atoms with E-state index in [-0.39, 0.29) is 12.5 Å². The molecule has 2 aromatic rings. The third-order valence-corrected chi connectivity index (χ3v) is 5.00. The summed E-state index contributed by atoms with van der Waals surface area (Å²) >= 11 is 0. The van der Waals surface area contributed by atoms with E-state index in [0.717, 1.165) is 37.1 Å². The summed E-state index contributed by atoms with van der Waals surface area (Å²) in [5, 5.41) is 2.32. The average molecular weight is 370 g/mol. The van der Waals surface area contributed by atoms with E-state index in [2.05, 4.69) is 26.0 Å². The standard InChI is InChI=1S/C24H35NO2/c1-3-5-7-11-17-25(18-12-8-6-4-2)24(26)20-27-23-16-15-21-13-9-10-14-22(21)19-23/h9-10,13-16,19H,3-8,11-12,17-18,20H2,1-2H3. The van der Waals surface area contributed by atoms with Gasteiger partial charge in [-0.05, 0) is 35.7 Å². The number of ether oxygens (including phenoxy) is 1. The zero-order chi connectivity index (χ0) is 19.3. The van der Waals surface area contributed by atoms with Crippen molar-refractivity contribution in [3.05, 3.63) is 42.5 Å². The fraction of sp³-hybridized carbons (Fsp3) is 0.542. The maximum absolute atomic E-state index is 12.7. The molecule has 2 rings (SSSR count). The molecule has 0 aliphatic rings. The van der Waals surface area contributed by atoms with Gasteiger partial charge in [0.2, 0.25) is 0 Å². The number of nitrogens with zero attached hydrogens (tertiary/aromatic N) is 1. The molecule has 0 N–H and O–H groups in total. The molecule has 0 atom stereocenters. The summed E-state index contributed by atoms with van der Waals surface area (Å²) < 4.78 is 5.82. The van der Waals surface area contributed by atoms with Crippen molar-refractivity contribution in [3.63, 3.8) is 0 Å². The first-order chi connectivity index (χ1) is 13.2. The molecule has 27 heavy (non-hydrogen) atoms. The van der Waals surface area contributed by atoms with Crippen molar-refractivity contribution in [3.8, 4) is 5.75 Å². The Morgan fingerprint density at radius 1 is 0.815 bits per heavy atom. The Balaban J connectivity index is 1.87. The van der Waals surface area contributed by atoms with E-state index in [0.29, 0.717) is 0 Å². The van der Waals surface area contributed by atoms with Crippen LogP contribution in [0.4, 0.5) is 0 Å². The van der Waals surface area contributed by atoms with Crippen LogP contribution in [0.3, 0.4) is 0 Å². The van der Waals surface area contributed by atoms with Crippen molar-refractivity contribution in [1.29, 1.82) is 0 Å². The molecule has 0 heterocycles. The molecule has 0 aliphatic heterocycles. The smallest absolute Gasteiger partial charge is 0.260 e. The second kappa shape index (κ2) is 12.4. The molecule has 2 aromatic carbocycles. The number of hydrogen-bond donors (Lipinski definition) is 0. The highest BCUT2D eigenvalue weighted by Crippen LogP contribution is 2.20. The number of fused-ring (bicyclic) bond motifs is 1. The molecule has 148 valence electrons. The van der Waals surface area contributed by atoms with Crippen LogP contribution in [-0.4, -0.2) is 30.5 Å². The lowest BCUT2D eigenvalue weighted by molar-refractivity contribution is -0.133. The van der Waals surface area contributed by atoms with E-state index in [9.17, 15) is 4.79 Å². The van der Waals surface area contributed by atoms with E-state index in [1.54, 1.807) is 0 Å². The molecule has 0 saturated heterocycles. The lowest BCUT2D eigenvalue weighted by Gasteiger charge is -2.23. The molecular weight excluding hydrogens is 334 g/mol. The Bertz CT molecular complexity index is 671. The molecule has 0 saturated carbocycles. The fourth-order valence-corrected chi connectivity index (χ4v) is 3.31. The van der Waals surface area contributed by atoms with Crippen LogP contribution in [0.1, 0.15) is 65.2 Å². The summed E-state index contributed by atoms with van der Waals surface area (Å²) in [6.45, 7) is 6.26. The molecule has 0 aliphatic carbocycles. The van der Waals surface area contributed by atoms with Crippen molar-refractivity contribution in [2.24, 2.45) is 0 Å². The Kier molecular flexibility index (Phi) is 9.75. The highest BCUT2D eigenvalue weighted by Gasteiger charge is 2.14. The SMILES string of the molecule is CCCCCCN(CCCCCC)C(=O)COc1ccc2ccccc2c1. The van der Waals surface area contributed by atoms with Gasteiger partial charge >= 0.3 is 0 Å². The molecule has 0 fully saturated rings. The van der Waals surface area contributed by atoms with Crippen LogP contribution in [-0.2, 0) is 4.79 Å². The molecule has 0 spiro atoms. The van der Waals surface area contributed by atoms with Gasteiger partial charge in [-0.3, -0.25) is 4.79 Å². The van der Waals surface area contributed by atoms with Crippen LogP contribution in [0.25, 0.3) is 10.8 Å². The number of unbranched alkanes of at least 4 members (excludes halogenated alkanes) is 6. The number of amides is 1. The lowest BCUT2D eigenvalue weighted by atomic mass is 10.1. The summed E-state index contributed by atoms with van der Waals surface area (Å²) in [5.41, 5.74) is 0. The van der Waals surface area contributed by atoms with Crippen LogP contribution < -0.4 is 4.74 Å². The van der Waals surface area contributed by atoms with Crippen LogP contribution in [0, 0.1) is 0 Å². The van der Waals surface area contributed by atoms with Gasteiger partial charge in [0.15, 0.2) is 6.61 Å². The fourth-order valence-electron chi connectivity index (χ4n) is 3.31. The van der Waals surface area contributed by atoms with Gasteiger partial charge in [0.1, 0.15) is 5.75 Å². The predicted molar refractivity (Wildman–Crippen MR) is 114 cm³/mol. The first-order valence-corrected chi connectivity index (χ1v) is 10.6. The van der Waals surface area contributed by atoms with Gasteiger partial charge < -0.3 is 9.64 Å². The summed E-state index contributed by atoms with van der Waals surface area (Å²) in [6.07, 6.45) is 9.48. The minimum absolute atomic E-state index is 0.108. The number of carbonyl (C=O) groups excluding carboxylic acids is 1. The Labute approximate surface area is 164 Å². The molecule has 0 bridgehead atoms. The van der Waals surface area contributed by atoms with E-state index in [4.69, 9.17) is 4.74 Å². The summed E-state index contributed by atoms with van der Waals surface area (Å²) in [5.74, 6) is 0.870. The molecular formula is C24H35NO2. The highest BCUT2D eigenvalue weighted by molar-refractivity contribution is 5.84. The summed E-state index contributed by atoms with van der Waals surface area (Å²) in [6, 6.07) is 14.2. The monoisotopic (exact) mass is 369 g/mol. The van der Waals surface area contributed by atoms with Gasteiger partial charge in [0, 0.05) is 13.1 Å². The maximum Gasteiger partial charge on any atom is 0.260 e. The molecule has 1 amide bonds. The molecule has 3 nitrogen and oxygen atoms in total. The summed E-state index contributed by atoms with van der Waals surface area (Å²) in [4.78, 5) is 14.7. The quantitative estimate of drug-likeness (QED) is 0.393. The topological polar surface area (TPSA) is 29.5 Å². The zero-order valence-corrected chi connectivity index (χ0v) is 17.1. The Morgan fingerprint density at radius 2 is 1.44 bits per heavy atom. The second-order valence-corrected chi connectivity index (χ2v) is 7.30. The van der Waals surface area contributed by atoms with E-state index < -0.39 is 0 Å². The van der Waals surface area contributed by atoms with E-state index in [1.165, 1.54) is 43.9 Å². The molecule has 0 unspecified atom stereocenters. The minimum Gasteiger partial charge on any atom is -0.484 e. The number of rotatable bonds is 13. The minimum atomic E-state index is 0.108. The first kappa shape index (κ1) is 21.3. The zero-order valence-electron chi connectivity index (χ0n) is 17.1. The van der Waals surface area contributed by atoms with Crippen LogP contribution in [0.2, 0.25) is 0 Å². The summed E-state index contributed by atoms with van der Waals surface area (Å²) in [7, 11) is 0. The third-order valence-electron chi connectivity index (χ3n) is 5.00. The van der Waals surface area contributed by atoms with Gasteiger partial charge in [-0.25, -0.2) is 0 Å². The first-order valence-electron chi connectivity index (χ1n) is 10.6. The van der Waals surface area contributed by atoms with Gasteiger partial charge in [0.05, 0.1) is 0 Å². The van der Waals surface area contributed by atoms with Crippen molar-refractivity contribution < 1.29 is 9.53 Å². The third kappa shape index (κ3) is 7.62. The van der Waals surface area contributed by atoms with E-state index in [1.807, 2.05) is 35.2 Å². The van der Waals surface area contributed by atoms with Gasteiger partial charge in [-0.2, -0.15) is 0 Å². The maximum atomic E-state index is 12.7. The van der Waals surface area contributed by atoms with Gasteiger partial charge in [-0.15, -0.1) is 0 Å². The van der Waals surface area contributed by atoms with Crippen molar-refractivity contribution in [2.75, 3.05) is 19.7 Å². The average Bonchev–Trinajstić information content (AvgIpc) is 2.70. The van der Waals surface area contributed by atoms with Gasteiger partial charge in [0.25, 0.3) is 5.91 Å². The number of hydrogen-bond acceptors (Lipinski definition) is 2. The van der Waals surface area contributed by atoms with Crippen molar-refractivity contribution in [2.45, 2.75) is 65.2 Å². The Hall–Kier alpha value is -2.03. The van der Waals surface area contributed by atoms with Crippen molar-refractivity contribution in [1.82, 2.24) is 4.90 Å². The lowest BCUT2D eigenvalue weighted by Crippen LogP contribution is -2.36. The number of benzene rings is 2. The van der Waals surface area contributed by atoms with Crippen LogP contribution in [0.15, 0.2) is 42.5 Å². The molecule has 0 aromatic heterocycles.